The highest BCUT2D eigenvalue weighted by atomic mass is 16.5. The molecular formula is C23H34N4O4. The third-order valence-corrected chi connectivity index (χ3v) is 5.58. The SMILES string of the molecule is CCNC(=O)N1CCc2c(-c3cc(OC)c(CN(C)C)c(OC)c3)cn(C)c(=O)c2C1.[HH]. The van der Waals surface area contributed by atoms with Crippen LogP contribution in [0.4, 0.5) is 4.79 Å². The van der Waals surface area contributed by atoms with Gasteiger partial charge in [0.25, 0.3) is 5.56 Å². The van der Waals surface area contributed by atoms with Crippen molar-refractivity contribution >= 4 is 6.03 Å². The van der Waals surface area contributed by atoms with Crippen molar-refractivity contribution in [3.05, 3.63) is 45.4 Å². The third kappa shape index (κ3) is 4.54. The number of rotatable bonds is 6. The van der Waals surface area contributed by atoms with E-state index < -0.39 is 0 Å². The van der Waals surface area contributed by atoms with Gasteiger partial charge in [-0.3, -0.25) is 4.79 Å². The van der Waals surface area contributed by atoms with Crippen LogP contribution >= 0.6 is 0 Å². The van der Waals surface area contributed by atoms with E-state index in [2.05, 4.69) is 10.2 Å². The first-order chi connectivity index (χ1) is 14.8. The summed E-state index contributed by atoms with van der Waals surface area (Å²) in [6, 6.07) is 3.85. The Morgan fingerprint density at radius 2 is 1.84 bits per heavy atom. The van der Waals surface area contributed by atoms with Gasteiger partial charge in [-0.2, -0.15) is 0 Å². The van der Waals surface area contributed by atoms with Crippen molar-refractivity contribution in [1.82, 2.24) is 19.7 Å². The van der Waals surface area contributed by atoms with E-state index in [0.29, 0.717) is 38.2 Å². The minimum Gasteiger partial charge on any atom is -0.496 e. The third-order valence-electron chi connectivity index (χ3n) is 5.58. The van der Waals surface area contributed by atoms with Gasteiger partial charge in [0.2, 0.25) is 0 Å². The predicted octanol–water partition coefficient (Wildman–Crippen LogP) is 2.46. The Bertz CT molecular complexity index is 1010. The van der Waals surface area contributed by atoms with Crippen LogP contribution in [-0.4, -0.2) is 61.8 Å². The molecule has 2 heterocycles. The number of nitrogens with zero attached hydrogens (tertiary/aromatic N) is 3. The van der Waals surface area contributed by atoms with E-state index in [1.54, 1.807) is 30.7 Å². The molecule has 0 atom stereocenters. The summed E-state index contributed by atoms with van der Waals surface area (Å²) >= 11 is 0. The summed E-state index contributed by atoms with van der Waals surface area (Å²) in [5.41, 5.74) is 4.42. The highest BCUT2D eigenvalue weighted by molar-refractivity contribution is 5.76. The topological polar surface area (TPSA) is 76.0 Å². The van der Waals surface area contributed by atoms with E-state index >= 15 is 0 Å². The molecule has 1 aromatic heterocycles. The first kappa shape index (κ1) is 22.7. The van der Waals surface area contributed by atoms with Crippen LogP contribution in [-0.2, 0) is 26.6 Å². The van der Waals surface area contributed by atoms with Crippen LogP contribution in [0.2, 0.25) is 0 Å². The van der Waals surface area contributed by atoms with Crippen LogP contribution in [0.1, 0.15) is 25.0 Å². The van der Waals surface area contributed by atoms with Gasteiger partial charge >= 0.3 is 6.03 Å². The maximum atomic E-state index is 12.9. The van der Waals surface area contributed by atoms with Gasteiger partial charge < -0.3 is 29.2 Å². The Morgan fingerprint density at radius 1 is 1.19 bits per heavy atom. The van der Waals surface area contributed by atoms with Gasteiger partial charge in [-0.05, 0) is 50.7 Å². The Hall–Kier alpha value is -3.00. The largest absolute Gasteiger partial charge is 0.496 e. The van der Waals surface area contributed by atoms with Crippen molar-refractivity contribution in [2.45, 2.75) is 26.4 Å². The first-order valence-corrected chi connectivity index (χ1v) is 10.4. The summed E-state index contributed by atoms with van der Waals surface area (Å²) in [4.78, 5) is 29.0. The Morgan fingerprint density at radius 3 is 2.39 bits per heavy atom. The standard InChI is InChI=1S/C23H32N4O4.H2/c1-7-24-23(29)27-9-8-16-17(13-26(4)22(28)18(16)14-27)15-10-20(30-5)19(12-25(2)3)21(11-15)31-6;/h10-11,13H,7-9,12,14H2,1-6H3,(H,24,29);1H. The molecule has 0 fully saturated rings. The molecule has 1 aromatic carbocycles. The zero-order chi connectivity index (χ0) is 22.7. The number of hydrogen-bond donors (Lipinski definition) is 1. The number of carbonyl (C=O) groups excluding carboxylic acids is 1. The Labute approximate surface area is 184 Å². The van der Waals surface area contributed by atoms with E-state index in [0.717, 1.165) is 33.8 Å². The molecule has 2 amide bonds. The summed E-state index contributed by atoms with van der Waals surface area (Å²) in [5.74, 6) is 1.48. The number of fused-ring (bicyclic) bond motifs is 1. The molecule has 8 heteroatoms. The second kappa shape index (κ2) is 9.43. The molecule has 0 radical (unpaired) electrons. The van der Waals surface area contributed by atoms with Crippen LogP contribution in [0.3, 0.4) is 0 Å². The van der Waals surface area contributed by atoms with Gasteiger partial charge in [-0.15, -0.1) is 0 Å². The van der Waals surface area contributed by atoms with Crippen molar-refractivity contribution in [3.63, 3.8) is 0 Å². The summed E-state index contributed by atoms with van der Waals surface area (Å²) in [6.45, 7) is 3.98. The minimum atomic E-state index is -0.142. The highest BCUT2D eigenvalue weighted by Gasteiger charge is 2.26. The molecule has 1 aliphatic rings. The second-order valence-electron chi connectivity index (χ2n) is 8.02. The average Bonchev–Trinajstić information content (AvgIpc) is 2.75. The molecule has 2 aromatic rings. The summed E-state index contributed by atoms with van der Waals surface area (Å²) in [5, 5.41) is 2.82. The fourth-order valence-corrected chi connectivity index (χ4v) is 4.10. The van der Waals surface area contributed by atoms with Gasteiger partial charge in [-0.1, -0.05) is 0 Å². The van der Waals surface area contributed by atoms with Crippen molar-refractivity contribution in [1.29, 1.82) is 0 Å². The van der Waals surface area contributed by atoms with Crippen molar-refractivity contribution in [2.24, 2.45) is 7.05 Å². The monoisotopic (exact) mass is 430 g/mol. The molecule has 0 spiro atoms. The van der Waals surface area contributed by atoms with Gasteiger partial charge in [0, 0.05) is 45.4 Å². The normalized spacial score (nSPS) is 13.2. The first-order valence-electron chi connectivity index (χ1n) is 10.4. The van der Waals surface area contributed by atoms with Gasteiger partial charge in [-0.25, -0.2) is 4.79 Å². The molecule has 0 unspecified atom stereocenters. The van der Waals surface area contributed by atoms with Gasteiger partial charge in [0.1, 0.15) is 11.5 Å². The number of hydrogen-bond acceptors (Lipinski definition) is 5. The maximum Gasteiger partial charge on any atom is 0.317 e. The van der Waals surface area contributed by atoms with Crippen LogP contribution in [0, 0.1) is 0 Å². The fourth-order valence-electron chi connectivity index (χ4n) is 4.10. The van der Waals surface area contributed by atoms with E-state index in [1.165, 1.54) is 0 Å². The van der Waals surface area contributed by atoms with Crippen LogP contribution in [0.5, 0.6) is 11.5 Å². The lowest BCUT2D eigenvalue weighted by Gasteiger charge is -2.30. The molecule has 170 valence electrons. The molecule has 0 saturated carbocycles. The molecule has 3 rings (SSSR count). The fraction of sp³-hybridized carbons (Fsp3) is 0.478. The van der Waals surface area contributed by atoms with Crippen molar-refractivity contribution < 1.29 is 15.7 Å². The zero-order valence-corrected chi connectivity index (χ0v) is 19.2. The lowest BCUT2D eigenvalue weighted by Crippen LogP contribution is -2.45. The van der Waals surface area contributed by atoms with E-state index in [-0.39, 0.29) is 13.0 Å². The maximum absolute atomic E-state index is 12.9. The average molecular weight is 431 g/mol. The molecule has 1 N–H and O–H groups in total. The molecule has 0 saturated heterocycles. The molecule has 31 heavy (non-hydrogen) atoms. The quantitative estimate of drug-likeness (QED) is 0.762. The number of methoxy groups -OCH3 is 2. The molecule has 1 aliphatic heterocycles. The Balaban J connectivity index is 0.00000363. The Kier molecular flexibility index (Phi) is 6.90. The number of aromatic nitrogens is 1. The summed E-state index contributed by atoms with van der Waals surface area (Å²) < 4.78 is 13.0. The number of carbonyl (C=O) groups is 1. The van der Waals surface area contributed by atoms with Crippen molar-refractivity contribution in [2.75, 3.05) is 41.4 Å². The molecular weight excluding hydrogens is 396 g/mol. The minimum absolute atomic E-state index is 0. The smallest absolute Gasteiger partial charge is 0.317 e. The molecule has 0 bridgehead atoms. The van der Waals surface area contributed by atoms with Crippen molar-refractivity contribution in [3.8, 4) is 22.6 Å². The molecule has 8 nitrogen and oxygen atoms in total. The number of nitrogens with one attached hydrogen (secondary N) is 1. The number of aryl methyl sites for hydroxylation is 1. The predicted molar refractivity (Wildman–Crippen MR) is 123 cm³/mol. The molecule has 0 aliphatic carbocycles. The van der Waals surface area contributed by atoms with E-state index in [1.807, 2.05) is 39.3 Å². The second-order valence-corrected chi connectivity index (χ2v) is 8.02. The van der Waals surface area contributed by atoms with Crippen LogP contribution in [0.15, 0.2) is 23.1 Å². The lowest BCUT2D eigenvalue weighted by molar-refractivity contribution is 0.192. The number of pyridine rings is 1. The van der Waals surface area contributed by atoms with Crippen LogP contribution in [0.25, 0.3) is 11.1 Å². The van der Waals surface area contributed by atoms with E-state index in [9.17, 15) is 9.59 Å². The van der Waals surface area contributed by atoms with E-state index in [4.69, 9.17) is 9.47 Å². The zero-order valence-electron chi connectivity index (χ0n) is 19.2. The van der Waals surface area contributed by atoms with Gasteiger partial charge in [0.05, 0.1) is 26.3 Å². The van der Waals surface area contributed by atoms with Gasteiger partial charge in [0.15, 0.2) is 0 Å². The summed E-state index contributed by atoms with van der Waals surface area (Å²) in [6.07, 6.45) is 2.48. The summed E-state index contributed by atoms with van der Waals surface area (Å²) in [7, 11) is 9.04. The number of benzene rings is 1. The lowest BCUT2D eigenvalue weighted by atomic mass is 9.91. The van der Waals surface area contributed by atoms with Crippen LogP contribution < -0.4 is 20.3 Å². The number of urea groups is 1. The highest BCUT2D eigenvalue weighted by Crippen LogP contribution is 2.38. The number of ether oxygens (including phenoxy) is 2. The number of amides is 2.